The predicted octanol–water partition coefficient (Wildman–Crippen LogP) is 2.59. The molecule has 2 amide bonds. The summed E-state index contributed by atoms with van der Waals surface area (Å²) >= 11 is 11.6. The molecule has 1 aromatic rings. The lowest BCUT2D eigenvalue weighted by atomic mass is 10.3. The fourth-order valence-corrected chi connectivity index (χ4v) is 1.52. The first-order valence-corrected chi connectivity index (χ1v) is 6.13. The Bertz CT molecular complexity index is 494. The Labute approximate surface area is 120 Å². The van der Waals surface area contributed by atoms with E-state index in [1.165, 1.54) is 4.90 Å². The van der Waals surface area contributed by atoms with Crippen LogP contribution in [0, 0.1) is 0 Å². The molecule has 0 heterocycles. The average Bonchev–Trinajstić information content (AvgIpc) is 2.39. The third kappa shape index (κ3) is 4.84. The summed E-state index contributed by atoms with van der Waals surface area (Å²) in [6, 6.07) is 4.46. The van der Waals surface area contributed by atoms with Gasteiger partial charge in [-0.05, 0) is 18.2 Å². The maximum atomic E-state index is 11.8. The highest BCUT2D eigenvalue weighted by Crippen LogP contribution is 2.25. The quantitative estimate of drug-likeness (QED) is 0.345. The van der Waals surface area contributed by atoms with E-state index in [4.69, 9.17) is 34.1 Å². The molecule has 0 aliphatic rings. The van der Waals surface area contributed by atoms with Crippen LogP contribution in [0.5, 0.6) is 0 Å². The van der Waals surface area contributed by atoms with Gasteiger partial charge in [-0.25, -0.2) is 4.79 Å². The SMILES string of the molecule is CN(CC/C(N)=N/O)C(=O)Nc1ccc(Cl)c(Cl)c1. The number of halogens is 2. The third-order valence-corrected chi connectivity index (χ3v) is 3.09. The minimum absolute atomic E-state index is 0.0641. The Morgan fingerprint density at radius 2 is 2.16 bits per heavy atom. The van der Waals surface area contributed by atoms with Crippen LogP contribution in [0.4, 0.5) is 10.5 Å². The minimum Gasteiger partial charge on any atom is -0.409 e. The molecule has 6 nitrogen and oxygen atoms in total. The maximum Gasteiger partial charge on any atom is 0.321 e. The largest absolute Gasteiger partial charge is 0.409 e. The number of rotatable bonds is 4. The highest BCUT2D eigenvalue weighted by molar-refractivity contribution is 6.42. The average molecular weight is 305 g/mol. The number of hydrogen-bond acceptors (Lipinski definition) is 3. The number of oxime groups is 1. The van der Waals surface area contributed by atoms with Gasteiger partial charge in [-0.15, -0.1) is 0 Å². The number of carbonyl (C=O) groups excluding carboxylic acids is 1. The summed E-state index contributed by atoms with van der Waals surface area (Å²) in [4.78, 5) is 13.2. The van der Waals surface area contributed by atoms with Crippen LogP contribution in [0.25, 0.3) is 0 Å². The minimum atomic E-state index is -0.330. The summed E-state index contributed by atoms with van der Waals surface area (Å²) in [5.74, 6) is 0.0641. The Balaban J connectivity index is 2.56. The predicted molar refractivity (Wildman–Crippen MR) is 76.1 cm³/mol. The Morgan fingerprint density at radius 1 is 1.47 bits per heavy atom. The van der Waals surface area contributed by atoms with Gasteiger partial charge in [0.1, 0.15) is 5.84 Å². The lowest BCUT2D eigenvalue weighted by molar-refractivity contribution is 0.223. The Kier molecular flexibility index (Phi) is 5.72. The van der Waals surface area contributed by atoms with E-state index < -0.39 is 0 Å². The molecule has 104 valence electrons. The Hall–Kier alpha value is -1.66. The summed E-state index contributed by atoms with van der Waals surface area (Å²) in [7, 11) is 1.59. The second kappa shape index (κ2) is 7.06. The number of anilines is 1. The number of hydrogen-bond donors (Lipinski definition) is 3. The Morgan fingerprint density at radius 3 is 2.74 bits per heavy atom. The number of nitrogens with zero attached hydrogens (tertiary/aromatic N) is 2. The molecule has 0 aliphatic carbocycles. The van der Waals surface area contributed by atoms with Crippen molar-refractivity contribution in [1.29, 1.82) is 0 Å². The van der Waals surface area contributed by atoms with Crippen LogP contribution in [-0.2, 0) is 0 Å². The van der Waals surface area contributed by atoms with Crippen LogP contribution in [0.2, 0.25) is 10.0 Å². The van der Waals surface area contributed by atoms with Crippen LogP contribution in [0.1, 0.15) is 6.42 Å². The van der Waals surface area contributed by atoms with Crippen molar-refractivity contribution in [2.75, 3.05) is 18.9 Å². The monoisotopic (exact) mass is 304 g/mol. The van der Waals surface area contributed by atoms with Crippen molar-refractivity contribution in [1.82, 2.24) is 4.90 Å². The smallest absolute Gasteiger partial charge is 0.321 e. The zero-order valence-corrected chi connectivity index (χ0v) is 11.7. The van der Waals surface area contributed by atoms with Crippen LogP contribution in [0.3, 0.4) is 0 Å². The van der Waals surface area contributed by atoms with E-state index in [-0.39, 0.29) is 18.3 Å². The molecule has 1 rings (SSSR count). The van der Waals surface area contributed by atoms with Gasteiger partial charge in [0, 0.05) is 25.7 Å². The molecule has 0 radical (unpaired) electrons. The van der Waals surface area contributed by atoms with Crippen LogP contribution in [0.15, 0.2) is 23.4 Å². The summed E-state index contributed by atoms with van der Waals surface area (Å²) in [5, 5.41) is 14.7. The van der Waals surface area contributed by atoms with E-state index in [0.29, 0.717) is 22.3 Å². The lowest BCUT2D eigenvalue weighted by Gasteiger charge is -2.17. The van der Waals surface area contributed by atoms with Crippen molar-refractivity contribution < 1.29 is 10.0 Å². The summed E-state index contributed by atoms with van der Waals surface area (Å²) < 4.78 is 0. The van der Waals surface area contributed by atoms with Gasteiger partial charge in [0.15, 0.2) is 0 Å². The van der Waals surface area contributed by atoms with Crippen molar-refractivity contribution in [2.45, 2.75) is 6.42 Å². The molecule has 0 saturated carbocycles. The number of carbonyl (C=O) groups is 1. The van der Waals surface area contributed by atoms with Gasteiger partial charge in [0.05, 0.1) is 10.0 Å². The van der Waals surface area contributed by atoms with Gasteiger partial charge in [-0.3, -0.25) is 0 Å². The zero-order chi connectivity index (χ0) is 14.4. The molecule has 0 spiro atoms. The second-order valence-electron chi connectivity index (χ2n) is 3.82. The van der Waals surface area contributed by atoms with Gasteiger partial charge in [-0.1, -0.05) is 28.4 Å². The van der Waals surface area contributed by atoms with E-state index in [1.54, 1.807) is 25.2 Å². The standard InChI is InChI=1S/C11H14Cl2N4O2/c1-17(5-4-10(14)16-19)11(18)15-7-2-3-8(12)9(13)6-7/h2-3,6,19H,4-5H2,1H3,(H2,14,16)(H,15,18). The highest BCUT2D eigenvalue weighted by Gasteiger charge is 2.10. The number of amides is 2. The van der Waals surface area contributed by atoms with Crippen molar-refractivity contribution >= 4 is 40.8 Å². The molecule has 4 N–H and O–H groups in total. The molecule has 8 heteroatoms. The number of urea groups is 1. The molecule has 0 aromatic heterocycles. The van der Waals surface area contributed by atoms with Crippen molar-refractivity contribution in [3.05, 3.63) is 28.2 Å². The fraction of sp³-hybridized carbons (Fsp3) is 0.273. The number of nitrogens with two attached hydrogens (primary N) is 1. The number of benzene rings is 1. The molecule has 0 unspecified atom stereocenters. The molecule has 0 bridgehead atoms. The van der Waals surface area contributed by atoms with Crippen LogP contribution in [-0.4, -0.2) is 35.6 Å². The summed E-state index contributed by atoms with van der Waals surface area (Å²) in [5.41, 5.74) is 5.86. The van der Waals surface area contributed by atoms with Gasteiger partial charge in [-0.2, -0.15) is 0 Å². The molecule has 0 atom stereocenters. The van der Waals surface area contributed by atoms with Crippen LogP contribution >= 0.6 is 23.2 Å². The fourth-order valence-electron chi connectivity index (χ4n) is 1.23. The number of nitrogens with one attached hydrogen (secondary N) is 1. The highest BCUT2D eigenvalue weighted by atomic mass is 35.5. The molecule has 0 saturated heterocycles. The molecule has 19 heavy (non-hydrogen) atoms. The summed E-state index contributed by atoms with van der Waals surface area (Å²) in [6.45, 7) is 0.322. The third-order valence-electron chi connectivity index (χ3n) is 2.35. The van der Waals surface area contributed by atoms with Gasteiger partial charge < -0.3 is 21.2 Å². The number of amidine groups is 1. The van der Waals surface area contributed by atoms with E-state index >= 15 is 0 Å². The maximum absolute atomic E-state index is 11.8. The lowest BCUT2D eigenvalue weighted by Crippen LogP contribution is -2.34. The first-order valence-electron chi connectivity index (χ1n) is 5.37. The molecular weight excluding hydrogens is 291 g/mol. The summed E-state index contributed by atoms with van der Waals surface area (Å²) in [6.07, 6.45) is 0.280. The van der Waals surface area contributed by atoms with E-state index in [1.807, 2.05) is 0 Å². The van der Waals surface area contributed by atoms with Crippen molar-refractivity contribution in [3.8, 4) is 0 Å². The van der Waals surface area contributed by atoms with E-state index in [0.717, 1.165) is 0 Å². The van der Waals surface area contributed by atoms with E-state index in [9.17, 15) is 4.79 Å². The van der Waals surface area contributed by atoms with E-state index in [2.05, 4.69) is 10.5 Å². The normalized spacial score (nSPS) is 11.2. The first kappa shape index (κ1) is 15.4. The zero-order valence-electron chi connectivity index (χ0n) is 10.2. The van der Waals surface area contributed by atoms with Crippen LogP contribution < -0.4 is 11.1 Å². The molecule has 0 fully saturated rings. The van der Waals surface area contributed by atoms with Crippen molar-refractivity contribution in [3.63, 3.8) is 0 Å². The van der Waals surface area contributed by atoms with Gasteiger partial charge in [0.25, 0.3) is 0 Å². The van der Waals surface area contributed by atoms with Gasteiger partial charge in [0.2, 0.25) is 0 Å². The second-order valence-corrected chi connectivity index (χ2v) is 4.64. The first-order chi connectivity index (χ1) is 8.93. The van der Waals surface area contributed by atoms with Crippen molar-refractivity contribution in [2.24, 2.45) is 10.9 Å². The molecular formula is C11H14Cl2N4O2. The molecule has 0 aliphatic heterocycles. The molecule has 1 aromatic carbocycles. The topological polar surface area (TPSA) is 90.9 Å². The van der Waals surface area contributed by atoms with Gasteiger partial charge >= 0.3 is 6.03 Å².